The van der Waals surface area contributed by atoms with Crippen LogP contribution in [-0.2, 0) is 11.2 Å². The lowest BCUT2D eigenvalue weighted by Gasteiger charge is -2.09. The second kappa shape index (κ2) is 8.65. The van der Waals surface area contributed by atoms with Crippen molar-refractivity contribution < 1.29 is 28.3 Å². The summed E-state index contributed by atoms with van der Waals surface area (Å²) in [7, 11) is 1.58. The molecule has 0 radical (unpaired) electrons. The number of ketones is 1. The molecular formula is C23H18ClNO6. The van der Waals surface area contributed by atoms with Crippen LogP contribution in [0.5, 0.6) is 17.2 Å². The maximum atomic E-state index is 12.7. The quantitative estimate of drug-likeness (QED) is 0.309. The normalized spacial score (nSPS) is 13.8. The van der Waals surface area contributed by atoms with Crippen LogP contribution < -0.4 is 14.2 Å². The van der Waals surface area contributed by atoms with Gasteiger partial charge >= 0.3 is 5.97 Å². The second-order valence-corrected chi connectivity index (χ2v) is 7.26. The number of methoxy groups -OCH3 is 1. The highest BCUT2D eigenvalue weighted by molar-refractivity contribution is 6.29. The maximum Gasteiger partial charge on any atom is 0.311 e. The number of halogens is 1. The number of aryl methyl sites for hydroxylation is 1. The number of fused-ring (bicyclic) bond motifs is 1. The molecular weight excluding hydrogens is 422 g/mol. The summed E-state index contributed by atoms with van der Waals surface area (Å²) < 4.78 is 21.5. The number of carbonyl (C=O) groups excluding carboxylic acids is 2. The van der Waals surface area contributed by atoms with Crippen LogP contribution in [0.2, 0.25) is 5.15 Å². The van der Waals surface area contributed by atoms with Crippen molar-refractivity contribution in [3.05, 3.63) is 75.8 Å². The molecule has 0 saturated carbocycles. The highest BCUT2D eigenvalue weighted by Gasteiger charge is 2.30. The Kier molecular flexibility index (Phi) is 5.77. The Morgan fingerprint density at radius 3 is 2.81 bits per heavy atom. The van der Waals surface area contributed by atoms with Crippen molar-refractivity contribution in [3.63, 3.8) is 0 Å². The number of hydrogen-bond donors (Lipinski definition) is 0. The first kappa shape index (κ1) is 20.7. The van der Waals surface area contributed by atoms with Crippen LogP contribution in [-0.4, -0.2) is 24.0 Å². The van der Waals surface area contributed by atoms with Crippen molar-refractivity contribution in [2.75, 3.05) is 7.11 Å². The van der Waals surface area contributed by atoms with Gasteiger partial charge in [0.05, 0.1) is 19.1 Å². The van der Waals surface area contributed by atoms with Gasteiger partial charge in [-0.15, -0.1) is 0 Å². The summed E-state index contributed by atoms with van der Waals surface area (Å²) in [5.41, 5.74) is 1.76. The first-order valence-electron chi connectivity index (χ1n) is 9.48. The maximum absolute atomic E-state index is 12.7. The third-order valence-electron chi connectivity index (χ3n) is 4.76. The molecule has 3 aromatic rings. The van der Waals surface area contributed by atoms with Crippen molar-refractivity contribution >= 4 is 29.4 Å². The molecule has 1 aliphatic rings. The van der Waals surface area contributed by atoms with E-state index in [0.29, 0.717) is 40.6 Å². The lowest BCUT2D eigenvalue weighted by molar-refractivity contribution is -0.134. The van der Waals surface area contributed by atoms with Gasteiger partial charge < -0.3 is 18.7 Å². The van der Waals surface area contributed by atoms with Crippen LogP contribution in [0.4, 0.5) is 0 Å². The second-order valence-electron chi connectivity index (χ2n) is 6.87. The first-order valence-corrected chi connectivity index (χ1v) is 9.86. The van der Waals surface area contributed by atoms with Gasteiger partial charge in [-0.2, -0.15) is 0 Å². The van der Waals surface area contributed by atoms with Crippen molar-refractivity contribution in [1.82, 2.24) is 5.16 Å². The zero-order valence-corrected chi connectivity index (χ0v) is 17.6. The minimum Gasteiger partial charge on any atom is -0.497 e. The molecule has 0 unspecified atom stereocenters. The predicted octanol–water partition coefficient (Wildman–Crippen LogP) is 4.80. The van der Waals surface area contributed by atoms with E-state index >= 15 is 0 Å². The van der Waals surface area contributed by atoms with E-state index in [1.807, 2.05) is 18.2 Å². The highest BCUT2D eigenvalue weighted by atomic mass is 35.5. The summed E-state index contributed by atoms with van der Waals surface area (Å²) in [5, 5.41) is 3.80. The molecule has 0 bridgehead atoms. The summed E-state index contributed by atoms with van der Waals surface area (Å²) in [6.45, 7) is 1.74. The molecule has 0 saturated heterocycles. The fourth-order valence-electron chi connectivity index (χ4n) is 3.17. The van der Waals surface area contributed by atoms with Crippen LogP contribution in [0, 0.1) is 6.92 Å². The molecule has 0 fully saturated rings. The largest absolute Gasteiger partial charge is 0.497 e. The summed E-state index contributed by atoms with van der Waals surface area (Å²) in [6.07, 6.45) is 2.05. The number of nitrogens with zero attached hydrogens (tertiary/aromatic N) is 1. The fourth-order valence-corrected chi connectivity index (χ4v) is 3.32. The van der Waals surface area contributed by atoms with E-state index in [1.54, 1.807) is 44.4 Å². The monoisotopic (exact) mass is 439 g/mol. The Morgan fingerprint density at radius 2 is 2.06 bits per heavy atom. The van der Waals surface area contributed by atoms with Gasteiger partial charge in [0.25, 0.3) is 0 Å². The molecule has 0 spiro atoms. The molecule has 2 aromatic carbocycles. The topological polar surface area (TPSA) is 87.9 Å². The number of Topliss-reactive ketones (excluding diaryl/α,β-unsaturated/α-hetero) is 1. The van der Waals surface area contributed by atoms with E-state index in [9.17, 15) is 9.59 Å². The average Bonchev–Trinajstić information content (AvgIpc) is 3.32. The van der Waals surface area contributed by atoms with E-state index in [2.05, 4.69) is 5.16 Å². The summed E-state index contributed by atoms with van der Waals surface area (Å²) in [5.74, 6) is 1.38. The molecule has 0 aliphatic carbocycles. The van der Waals surface area contributed by atoms with Crippen molar-refractivity contribution in [2.24, 2.45) is 0 Å². The van der Waals surface area contributed by atoms with Gasteiger partial charge in [0.1, 0.15) is 23.0 Å². The third-order valence-corrected chi connectivity index (χ3v) is 4.94. The molecule has 0 N–H and O–H groups in total. The van der Waals surface area contributed by atoms with Gasteiger partial charge in [0.15, 0.2) is 10.9 Å². The Bertz CT molecular complexity index is 1200. The Morgan fingerprint density at radius 1 is 1.23 bits per heavy atom. The molecule has 8 heteroatoms. The SMILES string of the molecule is COc1cccc(/C=C2\Oc3c(ccc(OC(=O)CCc4cc(Cl)no4)c3C)C2=O)c1. The van der Waals surface area contributed by atoms with Crippen LogP contribution in [0.25, 0.3) is 6.08 Å². The lowest BCUT2D eigenvalue weighted by atomic mass is 10.1. The van der Waals surface area contributed by atoms with Gasteiger partial charge in [-0.05, 0) is 42.8 Å². The fraction of sp³-hybridized carbons (Fsp3) is 0.174. The number of carbonyl (C=O) groups is 2. The number of aromatic nitrogens is 1. The number of ether oxygens (including phenoxy) is 3. The van der Waals surface area contributed by atoms with Crippen molar-refractivity contribution in [1.29, 1.82) is 0 Å². The van der Waals surface area contributed by atoms with Crippen molar-refractivity contribution in [2.45, 2.75) is 19.8 Å². The highest BCUT2D eigenvalue weighted by Crippen LogP contribution is 2.39. The Balaban J connectivity index is 1.49. The number of allylic oxidation sites excluding steroid dienone is 1. The van der Waals surface area contributed by atoms with Crippen LogP contribution in [0.15, 0.2) is 52.7 Å². The van der Waals surface area contributed by atoms with E-state index in [1.165, 1.54) is 0 Å². The first-order chi connectivity index (χ1) is 14.9. The zero-order valence-electron chi connectivity index (χ0n) is 16.8. The van der Waals surface area contributed by atoms with E-state index in [-0.39, 0.29) is 23.1 Å². The predicted molar refractivity (Wildman–Crippen MR) is 113 cm³/mol. The number of hydrogen-bond acceptors (Lipinski definition) is 7. The molecule has 1 aliphatic heterocycles. The molecule has 2 heterocycles. The van der Waals surface area contributed by atoms with E-state index in [0.717, 1.165) is 5.56 Å². The molecule has 31 heavy (non-hydrogen) atoms. The Labute approximate surface area is 183 Å². The number of rotatable bonds is 6. The van der Waals surface area contributed by atoms with Gasteiger partial charge in [-0.3, -0.25) is 9.59 Å². The van der Waals surface area contributed by atoms with Crippen LogP contribution in [0.1, 0.15) is 33.7 Å². The van der Waals surface area contributed by atoms with Gasteiger partial charge in [0.2, 0.25) is 5.78 Å². The van der Waals surface area contributed by atoms with Crippen molar-refractivity contribution in [3.8, 4) is 17.2 Å². The van der Waals surface area contributed by atoms with Gasteiger partial charge in [0, 0.05) is 18.1 Å². The van der Waals surface area contributed by atoms with Crippen LogP contribution in [0.3, 0.4) is 0 Å². The number of esters is 1. The molecule has 4 rings (SSSR count). The standard InChI is InChI=1S/C23H18ClNO6/c1-13-18(29-21(26)9-6-16-12-20(24)25-31-16)8-7-17-22(27)19(30-23(13)17)11-14-4-3-5-15(10-14)28-2/h3-5,7-8,10-12H,6,9H2,1-2H3/b19-11-. The molecule has 0 atom stereocenters. The summed E-state index contributed by atoms with van der Waals surface area (Å²) in [6, 6.07) is 12.0. The molecule has 7 nitrogen and oxygen atoms in total. The molecule has 158 valence electrons. The van der Waals surface area contributed by atoms with E-state index in [4.69, 9.17) is 30.3 Å². The Hall–Kier alpha value is -3.58. The third kappa shape index (κ3) is 4.46. The molecule has 1 aromatic heterocycles. The van der Waals surface area contributed by atoms with Crippen LogP contribution >= 0.6 is 11.6 Å². The summed E-state index contributed by atoms with van der Waals surface area (Å²) >= 11 is 5.70. The van der Waals surface area contributed by atoms with E-state index < -0.39 is 5.97 Å². The minimum atomic E-state index is -0.452. The lowest BCUT2D eigenvalue weighted by Crippen LogP contribution is -2.10. The summed E-state index contributed by atoms with van der Waals surface area (Å²) in [4.78, 5) is 25.0. The zero-order chi connectivity index (χ0) is 22.0. The van der Waals surface area contributed by atoms with Gasteiger partial charge in [-0.25, -0.2) is 0 Å². The minimum absolute atomic E-state index is 0.0861. The average molecular weight is 440 g/mol. The number of benzene rings is 2. The smallest absolute Gasteiger partial charge is 0.311 e. The van der Waals surface area contributed by atoms with Gasteiger partial charge in [-0.1, -0.05) is 28.9 Å². The molecule has 0 amide bonds.